The number of methoxy groups -OCH3 is 1. The van der Waals surface area contributed by atoms with E-state index in [2.05, 4.69) is 29.8 Å². The molecule has 0 aromatic carbocycles. The van der Waals surface area contributed by atoms with E-state index in [0.717, 1.165) is 11.8 Å². The minimum Gasteiger partial charge on any atom is -0.376 e. The van der Waals surface area contributed by atoms with Gasteiger partial charge in [0.05, 0.1) is 17.8 Å². The number of rotatable bonds is 6. The Hall–Kier alpha value is 0.400. The zero-order valence-electron chi connectivity index (χ0n) is 10.1. The highest BCUT2D eigenvalue weighted by Gasteiger charge is 2.36. The van der Waals surface area contributed by atoms with Crippen molar-refractivity contribution >= 4 is 15.9 Å². The predicted molar refractivity (Wildman–Crippen MR) is 66.7 cm³/mol. The van der Waals surface area contributed by atoms with E-state index in [9.17, 15) is 0 Å². The second-order valence-corrected chi connectivity index (χ2v) is 5.38. The first-order chi connectivity index (χ1) is 7.10. The lowest BCUT2D eigenvalue weighted by Crippen LogP contribution is -2.40. The van der Waals surface area contributed by atoms with Crippen LogP contribution in [0.3, 0.4) is 0 Å². The van der Waals surface area contributed by atoms with E-state index in [1.165, 1.54) is 25.7 Å². The summed E-state index contributed by atoms with van der Waals surface area (Å²) >= 11 is 3.58. The zero-order chi connectivity index (χ0) is 11.4. The van der Waals surface area contributed by atoms with Gasteiger partial charge in [0.1, 0.15) is 0 Å². The Kier molecular flexibility index (Phi) is 5.07. The molecular weight excluding hydrogens is 256 g/mol. The Balaban J connectivity index is 2.46. The van der Waals surface area contributed by atoms with Crippen LogP contribution < -0.4 is 0 Å². The van der Waals surface area contributed by atoms with Gasteiger partial charge in [0.25, 0.3) is 0 Å². The van der Waals surface area contributed by atoms with Crippen molar-refractivity contribution in [3.05, 3.63) is 0 Å². The molecule has 0 saturated heterocycles. The van der Waals surface area contributed by atoms with Gasteiger partial charge < -0.3 is 9.47 Å². The van der Waals surface area contributed by atoms with Crippen molar-refractivity contribution < 1.29 is 9.47 Å². The van der Waals surface area contributed by atoms with Crippen LogP contribution in [0.2, 0.25) is 0 Å². The van der Waals surface area contributed by atoms with Crippen LogP contribution in [0.5, 0.6) is 0 Å². The highest BCUT2D eigenvalue weighted by Crippen LogP contribution is 2.35. The standard InChI is InChI=1S/C12H23BrO2/c1-4-11(2,14-3)10-15-12(9-13)7-5-6-8-12/h4-10H2,1-3H3. The largest absolute Gasteiger partial charge is 0.376 e. The fourth-order valence-electron chi connectivity index (χ4n) is 1.95. The van der Waals surface area contributed by atoms with Crippen molar-refractivity contribution in [1.29, 1.82) is 0 Å². The van der Waals surface area contributed by atoms with Crippen LogP contribution in [0.4, 0.5) is 0 Å². The number of halogens is 1. The van der Waals surface area contributed by atoms with Crippen molar-refractivity contribution in [3.8, 4) is 0 Å². The molecule has 1 saturated carbocycles. The van der Waals surface area contributed by atoms with Crippen molar-refractivity contribution in [2.24, 2.45) is 0 Å². The van der Waals surface area contributed by atoms with Crippen LogP contribution in [0.15, 0.2) is 0 Å². The molecule has 0 bridgehead atoms. The van der Waals surface area contributed by atoms with E-state index in [1.807, 2.05) is 0 Å². The molecule has 1 unspecified atom stereocenters. The molecule has 0 N–H and O–H groups in total. The average Bonchev–Trinajstić information content (AvgIpc) is 2.75. The van der Waals surface area contributed by atoms with Crippen molar-refractivity contribution in [1.82, 2.24) is 0 Å². The smallest absolute Gasteiger partial charge is 0.0880 e. The van der Waals surface area contributed by atoms with Crippen molar-refractivity contribution in [2.45, 2.75) is 57.2 Å². The van der Waals surface area contributed by atoms with Crippen LogP contribution in [0.1, 0.15) is 46.0 Å². The SMILES string of the molecule is CCC(C)(COC1(CBr)CCCC1)OC. The minimum atomic E-state index is -0.127. The predicted octanol–water partition coefficient (Wildman–Crippen LogP) is 3.53. The molecule has 2 nitrogen and oxygen atoms in total. The molecule has 1 atom stereocenters. The first kappa shape index (κ1) is 13.5. The molecule has 1 rings (SSSR count). The normalized spacial score (nSPS) is 24.0. The first-order valence-corrected chi connectivity index (χ1v) is 6.97. The van der Waals surface area contributed by atoms with E-state index < -0.39 is 0 Å². The van der Waals surface area contributed by atoms with Crippen LogP contribution >= 0.6 is 15.9 Å². The molecule has 0 aliphatic heterocycles. The van der Waals surface area contributed by atoms with E-state index in [0.29, 0.717) is 6.61 Å². The summed E-state index contributed by atoms with van der Waals surface area (Å²) in [5.74, 6) is 0. The number of hydrogen-bond acceptors (Lipinski definition) is 2. The third kappa shape index (κ3) is 3.43. The second kappa shape index (κ2) is 5.65. The van der Waals surface area contributed by atoms with Gasteiger partial charge in [-0.1, -0.05) is 35.7 Å². The van der Waals surface area contributed by atoms with E-state index in [-0.39, 0.29) is 11.2 Å². The molecule has 0 aromatic rings. The van der Waals surface area contributed by atoms with E-state index in [4.69, 9.17) is 9.47 Å². The molecule has 1 fully saturated rings. The molecule has 3 heteroatoms. The summed E-state index contributed by atoms with van der Waals surface area (Å²) in [5.41, 5.74) is -0.0489. The Bertz CT molecular complexity index is 184. The van der Waals surface area contributed by atoms with E-state index in [1.54, 1.807) is 7.11 Å². The Morgan fingerprint density at radius 3 is 2.33 bits per heavy atom. The lowest BCUT2D eigenvalue weighted by Gasteiger charge is -2.34. The number of hydrogen-bond donors (Lipinski definition) is 0. The topological polar surface area (TPSA) is 18.5 Å². The summed E-state index contributed by atoms with van der Waals surface area (Å²) in [6.45, 7) is 4.96. The number of ether oxygens (including phenoxy) is 2. The van der Waals surface area contributed by atoms with Gasteiger partial charge in [0.2, 0.25) is 0 Å². The summed E-state index contributed by atoms with van der Waals surface area (Å²) < 4.78 is 11.6. The molecule has 0 aromatic heterocycles. The Morgan fingerprint density at radius 1 is 1.33 bits per heavy atom. The summed E-state index contributed by atoms with van der Waals surface area (Å²) in [5, 5.41) is 0.948. The Labute approximate surface area is 102 Å². The van der Waals surface area contributed by atoms with Crippen LogP contribution in [0.25, 0.3) is 0 Å². The molecule has 1 aliphatic rings. The molecule has 0 amide bonds. The Morgan fingerprint density at radius 2 is 1.93 bits per heavy atom. The molecule has 0 spiro atoms. The van der Waals surface area contributed by atoms with Gasteiger partial charge in [-0.3, -0.25) is 0 Å². The molecule has 15 heavy (non-hydrogen) atoms. The van der Waals surface area contributed by atoms with E-state index >= 15 is 0 Å². The second-order valence-electron chi connectivity index (χ2n) is 4.82. The molecular formula is C12H23BrO2. The first-order valence-electron chi connectivity index (χ1n) is 5.85. The van der Waals surface area contributed by atoms with Crippen LogP contribution in [0, 0.1) is 0 Å². The van der Waals surface area contributed by atoms with Gasteiger partial charge >= 0.3 is 0 Å². The van der Waals surface area contributed by atoms with Crippen LogP contribution in [-0.2, 0) is 9.47 Å². The van der Waals surface area contributed by atoms with Gasteiger partial charge in [-0.05, 0) is 26.2 Å². The van der Waals surface area contributed by atoms with Gasteiger partial charge in [0, 0.05) is 12.4 Å². The molecule has 0 radical (unpaired) electrons. The molecule has 1 aliphatic carbocycles. The maximum atomic E-state index is 6.11. The molecule has 90 valence electrons. The zero-order valence-corrected chi connectivity index (χ0v) is 11.7. The van der Waals surface area contributed by atoms with Gasteiger partial charge in [-0.15, -0.1) is 0 Å². The van der Waals surface area contributed by atoms with Gasteiger partial charge in [-0.25, -0.2) is 0 Å². The fourth-order valence-corrected chi connectivity index (χ4v) is 2.67. The molecule has 0 heterocycles. The summed E-state index contributed by atoms with van der Waals surface area (Å²) in [4.78, 5) is 0. The van der Waals surface area contributed by atoms with Crippen molar-refractivity contribution in [3.63, 3.8) is 0 Å². The summed E-state index contributed by atoms with van der Waals surface area (Å²) in [6.07, 6.45) is 5.94. The van der Waals surface area contributed by atoms with Crippen LogP contribution in [-0.4, -0.2) is 30.2 Å². The van der Waals surface area contributed by atoms with Crippen molar-refractivity contribution in [2.75, 3.05) is 19.0 Å². The quantitative estimate of drug-likeness (QED) is 0.692. The summed E-state index contributed by atoms with van der Waals surface area (Å²) in [6, 6.07) is 0. The van der Waals surface area contributed by atoms with Gasteiger partial charge in [-0.2, -0.15) is 0 Å². The minimum absolute atomic E-state index is 0.0783. The lowest BCUT2D eigenvalue weighted by molar-refractivity contribution is -0.117. The average molecular weight is 279 g/mol. The number of alkyl halides is 1. The van der Waals surface area contributed by atoms with Gasteiger partial charge in [0.15, 0.2) is 0 Å². The maximum absolute atomic E-state index is 6.11. The monoisotopic (exact) mass is 278 g/mol. The highest BCUT2D eigenvalue weighted by atomic mass is 79.9. The summed E-state index contributed by atoms with van der Waals surface area (Å²) in [7, 11) is 1.77. The third-order valence-electron chi connectivity index (χ3n) is 3.68. The highest BCUT2D eigenvalue weighted by molar-refractivity contribution is 9.09. The third-order valence-corrected chi connectivity index (χ3v) is 4.70. The lowest BCUT2D eigenvalue weighted by atomic mass is 10.0. The fraction of sp³-hybridized carbons (Fsp3) is 1.00. The maximum Gasteiger partial charge on any atom is 0.0880 e.